The molecule has 0 radical (unpaired) electrons. The highest BCUT2D eigenvalue weighted by atomic mass is 15.2. The Balaban J connectivity index is 1.60. The minimum absolute atomic E-state index is 0.215. The lowest BCUT2D eigenvalue weighted by Gasteiger charge is -2.30. The van der Waals surface area contributed by atoms with Gasteiger partial charge in [-0.25, -0.2) is 0 Å². The Morgan fingerprint density at radius 3 is 2.60 bits per heavy atom. The molecule has 0 aromatic carbocycles. The van der Waals surface area contributed by atoms with Crippen LogP contribution in [0.15, 0.2) is 0 Å². The van der Waals surface area contributed by atoms with Crippen molar-refractivity contribution in [3.63, 3.8) is 0 Å². The van der Waals surface area contributed by atoms with E-state index in [9.17, 15) is 5.26 Å². The Bertz CT molecular complexity index is 394. The number of hydrogen-bond acceptors (Lipinski definition) is 3. The first-order valence-electron chi connectivity index (χ1n) is 8.45. The lowest BCUT2D eigenvalue weighted by Crippen LogP contribution is -2.45. The molecule has 3 aliphatic rings. The number of nitriles is 1. The van der Waals surface area contributed by atoms with Crippen molar-refractivity contribution in [2.45, 2.75) is 82.8 Å². The van der Waals surface area contributed by atoms with Gasteiger partial charge >= 0.3 is 0 Å². The van der Waals surface area contributed by atoms with Crippen molar-refractivity contribution in [2.24, 2.45) is 5.41 Å². The van der Waals surface area contributed by atoms with Crippen LogP contribution in [0.5, 0.6) is 0 Å². The molecule has 1 N–H and O–H groups in total. The summed E-state index contributed by atoms with van der Waals surface area (Å²) < 4.78 is 0. The van der Waals surface area contributed by atoms with Gasteiger partial charge in [-0.1, -0.05) is 13.8 Å². The van der Waals surface area contributed by atoms with Crippen LogP contribution < -0.4 is 5.32 Å². The SMILES string of the molecule is CC1(C)CCCN(C2CCC(C#N)(NC3CC3)C2)CC1. The van der Waals surface area contributed by atoms with E-state index < -0.39 is 0 Å². The van der Waals surface area contributed by atoms with Crippen LogP contribution in [0.1, 0.15) is 65.2 Å². The standard InChI is InChI=1S/C17H29N3/c1-16(2)7-3-10-20(11-9-16)15-6-8-17(12-15,13-18)19-14-4-5-14/h14-15,19H,3-12H2,1-2H3. The van der Waals surface area contributed by atoms with E-state index >= 15 is 0 Å². The fourth-order valence-corrected chi connectivity index (χ4v) is 4.02. The van der Waals surface area contributed by atoms with Crippen LogP contribution in [-0.4, -0.2) is 35.6 Å². The summed E-state index contributed by atoms with van der Waals surface area (Å²) in [6.45, 7) is 7.26. The molecule has 2 unspecified atom stereocenters. The molecule has 0 aromatic heterocycles. The third-order valence-corrected chi connectivity index (χ3v) is 5.65. The van der Waals surface area contributed by atoms with Gasteiger partial charge in [0.1, 0.15) is 5.54 Å². The number of nitrogens with zero attached hydrogens (tertiary/aromatic N) is 2. The number of rotatable bonds is 3. The van der Waals surface area contributed by atoms with Crippen LogP contribution >= 0.6 is 0 Å². The van der Waals surface area contributed by atoms with E-state index in [-0.39, 0.29) is 5.54 Å². The van der Waals surface area contributed by atoms with Crippen LogP contribution in [-0.2, 0) is 0 Å². The second-order valence-corrected chi connectivity index (χ2v) is 8.06. The molecule has 0 amide bonds. The molecule has 3 heteroatoms. The molecule has 112 valence electrons. The van der Waals surface area contributed by atoms with E-state index in [1.54, 1.807) is 0 Å². The molecule has 0 bridgehead atoms. The summed E-state index contributed by atoms with van der Waals surface area (Å²) in [6, 6.07) is 3.88. The molecule has 3 rings (SSSR count). The first kappa shape index (κ1) is 14.4. The van der Waals surface area contributed by atoms with Crippen molar-refractivity contribution < 1.29 is 0 Å². The van der Waals surface area contributed by atoms with E-state index in [2.05, 4.69) is 30.1 Å². The van der Waals surface area contributed by atoms with Crippen LogP contribution in [0, 0.1) is 16.7 Å². The summed E-state index contributed by atoms with van der Waals surface area (Å²) in [6.07, 6.45) is 9.80. The van der Waals surface area contributed by atoms with Gasteiger partial charge in [0.2, 0.25) is 0 Å². The third kappa shape index (κ3) is 3.18. The molecule has 20 heavy (non-hydrogen) atoms. The quantitative estimate of drug-likeness (QED) is 0.860. The van der Waals surface area contributed by atoms with E-state index in [1.165, 1.54) is 51.6 Å². The van der Waals surface area contributed by atoms with Gasteiger partial charge in [0.05, 0.1) is 6.07 Å². The number of hydrogen-bond donors (Lipinski definition) is 1. The van der Waals surface area contributed by atoms with Crippen LogP contribution in [0.2, 0.25) is 0 Å². The average molecular weight is 275 g/mol. The van der Waals surface area contributed by atoms with Crippen molar-refractivity contribution in [1.29, 1.82) is 5.26 Å². The fourth-order valence-electron chi connectivity index (χ4n) is 4.02. The maximum atomic E-state index is 9.62. The Hall–Kier alpha value is -0.590. The van der Waals surface area contributed by atoms with Crippen molar-refractivity contribution in [3.8, 4) is 6.07 Å². The highest BCUT2D eigenvalue weighted by Gasteiger charge is 2.44. The molecular formula is C17H29N3. The smallest absolute Gasteiger partial charge is 0.108 e. The van der Waals surface area contributed by atoms with Gasteiger partial charge in [-0.15, -0.1) is 0 Å². The minimum atomic E-state index is -0.215. The third-order valence-electron chi connectivity index (χ3n) is 5.65. The first-order chi connectivity index (χ1) is 9.52. The lowest BCUT2D eigenvalue weighted by atomic mass is 9.85. The van der Waals surface area contributed by atoms with E-state index in [4.69, 9.17) is 0 Å². The predicted molar refractivity (Wildman–Crippen MR) is 81.3 cm³/mol. The zero-order valence-electron chi connectivity index (χ0n) is 13.1. The van der Waals surface area contributed by atoms with Crippen LogP contribution in [0.25, 0.3) is 0 Å². The van der Waals surface area contributed by atoms with Gasteiger partial charge in [0.15, 0.2) is 0 Å². The Kier molecular flexibility index (Phi) is 3.81. The summed E-state index contributed by atoms with van der Waals surface area (Å²) in [5, 5.41) is 13.2. The van der Waals surface area contributed by atoms with Crippen molar-refractivity contribution in [2.75, 3.05) is 13.1 Å². The molecule has 3 nitrogen and oxygen atoms in total. The molecule has 0 spiro atoms. The second kappa shape index (κ2) is 5.31. The largest absolute Gasteiger partial charge is 0.300 e. The Labute approximate surface area is 123 Å². The first-order valence-corrected chi connectivity index (χ1v) is 8.45. The van der Waals surface area contributed by atoms with Gasteiger partial charge < -0.3 is 4.90 Å². The maximum Gasteiger partial charge on any atom is 0.108 e. The molecule has 0 aromatic rings. The molecule has 2 aliphatic carbocycles. The molecule has 3 fully saturated rings. The minimum Gasteiger partial charge on any atom is -0.300 e. The zero-order valence-corrected chi connectivity index (χ0v) is 13.1. The number of likely N-dealkylation sites (tertiary alicyclic amines) is 1. The molecule has 1 saturated heterocycles. The summed E-state index contributed by atoms with van der Waals surface area (Å²) in [4.78, 5) is 2.68. The van der Waals surface area contributed by atoms with Gasteiger partial charge in [0.25, 0.3) is 0 Å². The predicted octanol–water partition coefficient (Wildman–Crippen LogP) is 3.07. The molecule has 1 aliphatic heterocycles. The highest BCUT2D eigenvalue weighted by Crippen LogP contribution is 2.38. The van der Waals surface area contributed by atoms with Crippen molar-refractivity contribution >= 4 is 0 Å². The average Bonchev–Trinajstić information content (AvgIpc) is 3.14. The Morgan fingerprint density at radius 2 is 1.90 bits per heavy atom. The maximum absolute atomic E-state index is 9.62. The number of nitrogens with one attached hydrogen (secondary N) is 1. The van der Waals surface area contributed by atoms with E-state index in [0.717, 1.165) is 12.8 Å². The topological polar surface area (TPSA) is 39.1 Å². The van der Waals surface area contributed by atoms with Gasteiger partial charge in [-0.05, 0) is 69.9 Å². The summed E-state index contributed by atoms with van der Waals surface area (Å²) >= 11 is 0. The fraction of sp³-hybridized carbons (Fsp3) is 0.941. The zero-order chi connectivity index (χ0) is 14.2. The van der Waals surface area contributed by atoms with Gasteiger partial charge in [-0.3, -0.25) is 5.32 Å². The lowest BCUT2D eigenvalue weighted by molar-refractivity contribution is 0.190. The monoisotopic (exact) mass is 275 g/mol. The second-order valence-electron chi connectivity index (χ2n) is 8.06. The normalized spacial score (nSPS) is 38.4. The van der Waals surface area contributed by atoms with E-state index in [0.29, 0.717) is 17.5 Å². The molecule has 2 atom stereocenters. The highest BCUT2D eigenvalue weighted by molar-refractivity contribution is 5.15. The summed E-state index contributed by atoms with van der Waals surface area (Å²) in [5.41, 5.74) is 0.291. The van der Waals surface area contributed by atoms with Crippen molar-refractivity contribution in [3.05, 3.63) is 0 Å². The molecule has 2 saturated carbocycles. The van der Waals surface area contributed by atoms with Gasteiger partial charge in [0, 0.05) is 12.1 Å². The summed E-state index contributed by atoms with van der Waals surface area (Å²) in [7, 11) is 0. The van der Waals surface area contributed by atoms with Crippen molar-refractivity contribution in [1.82, 2.24) is 10.2 Å². The Morgan fingerprint density at radius 1 is 1.10 bits per heavy atom. The van der Waals surface area contributed by atoms with E-state index in [1.807, 2.05) is 0 Å². The molecular weight excluding hydrogens is 246 g/mol. The van der Waals surface area contributed by atoms with Crippen LogP contribution in [0.4, 0.5) is 0 Å². The van der Waals surface area contributed by atoms with Crippen LogP contribution in [0.3, 0.4) is 0 Å². The van der Waals surface area contributed by atoms with Gasteiger partial charge in [-0.2, -0.15) is 5.26 Å². The molecule has 1 heterocycles. The summed E-state index contributed by atoms with van der Waals surface area (Å²) in [5.74, 6) is 0.